The van der Waals surface area contributed by atoms with Gasteiger partial charge in [0.2, 0.25) is 0 Å². The van der Waals surface area contributed by atoms with Gasteiger partial charge in [-0.3, -0.25) is 9.29 Å². The molecule has 0 saturated carbocycles. The molecule has 1 heterocycles. The molecule has 0 spiro atoms. The average molecular weight is 288 g/mol. The van der Waals surface area contributed by atoms with Gasteiger partial charge in [0.15, 0.2) is 0 Å². The van der Waals surface area contributed by atoms with Crippen LogP contribution >= 0.6 is 0 Å². The predicted octanol–water partition coefficient (Wildman–Crippen LogP) is 2.59. The highest BCUT2D eigenvalue weighted by atomic mass is 19.3. The number of hydrogen-bond acceptors (Lipinski definition) is 3. The Kier molecular flexibility index (Phi) is 5.67. The smallest absolute Gasteiger partial charge is 0.387 e. The first kappa shape index (κ1) is 15.1. The maximum absolute atomic E-state index is 12.8. The number of nitrogens with one attached hydrogen (secondary N) is 1. The fourth-order valence-corrected chi connectivity index (χ4v) is 2.59. The molecule has 0 aliphatic carbocycles. The molecule has 0 bridgehead atoms. The molecule has 1 aliphatic heterocycles. The summed E-state index contributed by atoms with van der Waals surface area (Å²) >= 11 is 0. The molecule has 6 heteroatoms. The summed E-state index contributed by atoms with van der Waals surface area (Å²) < 4.78 is 42.4. The van der Waals surface area contributed by atoms with Gasteiger partial charge in [-0.05, 0) is 12.5 Å². The molecule has 112 valence electrons. The van der Waals surface area contributed by atoms with Crippen molar-refractivity contribution < 1.29 is 17.9 Å². The Bertz CT molecular complexity index is 411. The summed E-state index contributed by atoms with van der Waals surface area (Å²) in [6.07, 6.45) is 0.281. The van der Waals surface area contributed by atoms with Gasteiger partial charge in [-0.1, -0.05) is 18.2 Å². The van der Waals surface area contributed by atoms with Crippen molar-refractivity contribution in [3.05, 3.63) is 29.8 Å². The number of alkyl halides is 3. The van der Waals surface area contributed by atoms with Crippen LogP contribution in [0.1, 0.15) is 18.0 Å². The second-order valence-electron chi connectivity index (χ2n) is 4.70. The summed E-state index contributed by atoms with van der Waals surface area (Å²) in [5.74, 6) is 0.138. The molecule has 1 atom stereocenters. The first-order chi connectivity index (χ1) is 9.72. The van der Waals surface area contributed by atoms with E-state index in [1.165, 1.54) is 6.07 Å². The summed E-state index contributed by atoms with van der Waals surface area (Å²) in [6.45, 7) is -0.175. The largest absolute Gasteiger partial charge is 0.434 e. The number of para-hydroxylation sites is 1. The molecule has 1 aromatic carbocycles. The minimum atomic E-state index is -2.87. The summed E-state index contributed by atoms with van der Waals surface area (Å²) in [5, 5.41) is 3.22. The third-order valence-electron chi connectivity index (χ3n) is 3.47. The normalized spacial score (nSPS) is 18.2. The highest BCUT2D eigenvalue weighted by Gasteiger charge is 2.25. The van der Waals surface area contributed by atoms with Crippen LogP contribution in [0.2, 0.25) is 0 Å². The van der Waals surface area contributed by atoms with Gasteiger partial charge in [-0.2, -0.15) is 8.78 Å². The van der Waals surface area contributed by atoms with Crippen molar-refractivity contribution in [3.63, 3.8) is 0 Å². The Balaban J connectivity index is 2.23. The summed E-state index contributed by atoms with van der Waals surface area (Å²) in [7, 11) is 0. The Morgan fingerprint density at radius 1 is 1.20 bits per heavy atom. The molecular formula is C14H19F3N2O. The Morgan fingerprint density at radius 2 is 1.90 bits per heavy atom. The van der Waals surface area contributed by atoms with E-state index in [1.807, 2.05) is 0 Å². The molecule has 2 rings (SSSR count). The predicted molar refractivity (Wildman–Crippen MR) is 70.8 cm³/mol. The van der Waals surface area contributed by atoms with Crippen LogP contribution in [0.5, 0.6) is 5.75 Å². The van der Waals surface area contributed by atoms with Gasteiger partial charge in [0.25, 0.3) is 0 Å². The van der Waals surface area contributed by atoms with E-state index in [1.54, 1.807) is 18.2 Å². The number of ether oxygens (including phenoxy) is 1. The van der Waals surface area contributed by atoms with E-state index in [2.05, 4.69) is 15.0 Å². The van der Waals surface area contributed by atoms with E-state index in [0.717, 1.165) is 26.2 Å². The molecule has 3 nitrogen and oxygen atoms in total. The van der Waals surface area contributed by atoms with E-state index in [9.17, 15) is 13.2 Å². The van der Waals surface area contributed by atoms with Crippen LogP contribution in [-0.2, 0) is 0 Å². The van der Waals surface area contributed by atoms with Crippen molar-refractivity contribution in [1.29, 1.82) is 0 Å². The van der Waals surface area contributed by atoms with Crippen molar-refractivity contribution in [2.45, 2.75) is 19.1 Å². The summed E-state index contributed by atoms with van der Waals surface area (Å²) in [4.78, 5) is 2.11. The van der Waals surface area contributed by atoms with Crippen LogP contribution in [0.4, 0.5) is 13.2 Å². The fourth-order valence-electron chi connectivity index (χ4n) is 2.59. The van der Waals surface area contributed by atoms with E-state index in [4.69, 9.17) is 0 Å². The topological polar surface area (TPSA) is 24.5 Å². The zero-order chi connectivity index (χ0) is 14.4. The van der Waals surface area contributed by atoms with Crippen molar-refractivity contribution in [2.75, 3.05) is 32.9 Å². The lowest BCUT2D eigenvalue weighted by molar-refractivity contribution is -0.0513. The Labute approximate surface area is 116 Å². The number of halogens is 3. The maximum Gasteiger partial charge on any atom is 0.387 e. The van der Waals surface area contributed by atoms with Gasteiger partial charge < -0.3 is 10.1 Å². The Morgan fingerprint density at radius 3 is 2.55 bits per heavy atom. The van der Waals surface area contributed by atoms with Gasteiger partial charge in [0, 0.05) is 37.8 Å². The number of hydrogen-bond donors (Lipinski definition) is 1. The first-order valence-corrected chi connectivity index (χ1v) is 6.77. The SMILES string of the molecule is FCC[C@H](c1ccccc1OC(F)F)N1CCNCC1. The molecule has 1 saturated heterocycles. The highest BCUT2D eigenvalue weighted by molar-refractivity contribution is 5.36. The lowest BCUT2D eigenvalue weighted by atomic mass is 10.0. The third kappa shape index (κ3) is 3.86. The van der Waals surface area contributed by atoms with Crippen LogP contribution in [0.25, 0.3) is 0 Å². The monoisotopic (exact) mass is 288 g/mol. The minimum absolute atomic E-state index is 0.138. The van der Waals surface area contributed by atoms with Crippen LogP contribution < -0.4 is 10.1 Å². The van der Waals surface area contributed by atoms with E-state index in [0.29, 0.717) is 5.56 Å². The highest BCUT2D eigenvalue weighted by Crippen LogP contribution is 2.33. The Hall–Kier alpha value is -1.27. The molecule has 0 amide bonds. The molecule has 20 heavy (non-hydrogen) atoms. The number of rotatable bonds is 6. The van der Waals surface area contributed by atoms with Crippen LogP contribution in [0, 0.1) is 0 Å². The van der Waals surface area contributed by atoms with Crippen molar-refractivity contribution in [2.24, 2.45) is 0 Å². The van der Waals surface area contributed by atoms with Crippen molar-refractivity contribution >= 4 is 0 Å². The number of nitrogens with zero attached hydrogens (tertiary/aromatic N) is 1. The van der Waals surface area contributed by atoms with Crippen LogP contribution in [-0.4, -0.2) is 44.4 Å². The van der Waals surface area contributed by atoms with E-state index < -0.39 is 13.3 Å². The molecule has 1 aliphatic rings. The average Bonchev–Trinajstić information content (AvgIpc) is 2.46. The van der Waals surface area contributed by atoms with E-state index >= 15 is 0 Å². The molecular weight excluding hydrogens is 269 g/mol. The molecule has 1 fully saturated rings. The second-order valence-corrected chi connectivity index (χ2v) is 4.70. The summed E-state index contributed by atoms with van der Waals surface area (Å²) in [6, 6.07) is 6.43. The van der Waals surface area contributed by atoms with E-state index in [-0.39, 0.29) is 18.2 Å². The van der Waals surface area contributed by atoms with Crippen molar-refractivity contribution in [1.82, 2.24) is 10.2 Å². The first-order valence-electron chi connectivity index (χ1n) is 6.77. The molecule has 0 aromatic heterocycles. The lowest BCUT2D eigenvalue weighted by Crippen LogP contribution is -2.45. The minimum Gasteiger partial charge on any atom is -0.434 e. The second kappa shape index (κ2) is 7.50. The summed E-state index contributed by atoms with van der Waals surface area (Å²) in [5.41, 5.74) is 0.632. The molecule has 0 radical (unpaired) electrons. The van der Waals surface area contributed by atoms with Gasteiger partial charge >= 0.3 is 6.61 Å². The van der Waals surface area contributed by atoms with Crippen molar-refractivity contribution in [3.8, 4) is 5.75 Å². The molecule has 1 aromatic rings. The fraction of sp³-hybridized carbons (Fsp3) is 0.571. The van der Waals surface area contributed by atoms with Gasteiger partial charge in [0.05, 0.1) is 6.67 Å². The van der Waals surface area contributed by atoms with Gasteiger partial charge in [-0.25, -0.2) is 0 Å². The van der Waals surface area contributed by atoms with Gasteiger partial charge in [-0.15, -0.1) is 0 Å². The number of benzene rings is 1. The van der Waals surface area contributed by atoms with Crippen LogP contribution in [0.3, 0.4) is 0 Å². The standard InChI is InChI=1S/C14H19F3N2O/c15-6-5-12(19-9-7-18-8-10-19)11-3-1-2-4-13(11)20-14(16)17/h1-4,12,14,18H,5-10H2/t12-/m1/s1. The molecule has 0 unspecified atom stereocenters. The lowest BCUT2D eigenvalue weighted by Gasteiger charge is -2.35. The maximum atomic E-state index is 12.8. The van der Waals surface area contributed by atoms with Gasteiger partial charge in [0.1, 0.15) is 5.75 Å². The quantitative estimate of drug-likeness (QED) is 0.871. The zero-order valence-corrected chi connectivity index (χ0v) is 11.2. The third-order valence-corrected chi connectivity index (χ3v) is 3.47. The molecule has 1 N–H and O–H groups in total. The number of piperazine rings is 1. The zero-order valence-electron chi connectivity index (χ0n) is 11.2. The van der Waals surface area contributed by atoms with Crippen LogP contribution in [0.15, 0.2) is 24.3 Å².